The molecule has 0 bridgehead atoms. The molecule has 0 aliphatic carbocycles. The zero-order chi connectivity index (χ0) is 17.3. The number of anilines is 2. The van der Waals surface area contributed by atoms with E-state index in [1.54, 1.807) is 30.3 Å². The van der Waals surface area contributed by atoms with Gasteiger partial charge < -0.3 is 5.32 Å². The van der Waals surface area contributed by atoms with Crippen molar-refractivity contribution in [3.8, 4) is 0 Å². The van der Waals surface area contributed by atoms with Gasteiger partial charge >= 0.3 is 0 Å². The van der Waals surface area contributed by atoms with E-state index in [0.717, 1.165) is 11.1 Å². The maximum absolute atomic E-state index is 12.4. The lowest BCUT2D eigenvalue weighted by Crippen LogP contribution is -2.26. The second-order valence-corrected chi connectivity index (χ2v) is 8.21. The van der Waals surface area contributed by atoms with Crippen molar-refractivity contribution in [2.75, 3.05) is 10.0 Å². The van der Waals surface area contributed by atoms with Crippen molar-refractivity contribution in [1.29, 1.82) is 0 Å². The quantitative estimate of drug-likeness (QED) is 0.897. The molecule has 0 unspecified atom stereocenters. The Balaban J connectivity index is 2.19. The summed E-state index contributed by atoms with van der Waals surface area (Å²) in [6.45, 7) is 9.83. The van der Waals surface area contributed by atoms with E-state index in [1.807, 2.05) is 34.6 Å². The molecule has 6 nitrogen and oxygen atoms in total. The Hall–Kier alpha value is -2.15. The first kappa shape index (κ1) is 17.2. The minimum atomic E-state index is -3.67. The molecule has 0 saturated heterocycles. The molecule has 2 aromatic rings. The SMILES string of the molecule is Cc1ccc(S(=O)(=O)Nc2ccc(NC(C)(C)C)nn2)cc1C. The predicted octanol–water partition coefficient (Wildman–Crippen LogP) is 3.10. The molecule has 124 valence electrons. The Morgan fingerprint density at radius 2 is 1.52 bits per heavy atom. The highest BCUT2D eigenvalue weighted by Crippen LogP contribution is 2.18. The number of aromatic nitrogens is 2. The van der Waals surface area contributed by atoms with Crippen LogP contribution in [0.3, 0.4) is 0 Å². The number of benzene rings is 1. The Kier molecular flexibility index (Phi) is 4.61. The van der Waals surface area contributed by atoms with Gasteiger partial charge in [-0.05, 0) is 70.0 Å². The zero-order valence-corrected chi connectivity index (χ0v) is 14.8. The van der Waals surface area contributed by atoms with Gasteiger partial charge in [0.1, 0.15) is 5.82 Å². The summed E-state index contributed by atoms with van der Waals surface area (Å²) in [4.78, 5) is 0.208. The van der Waals surface area contributed by atoms with Crippen molar-refractivity contribution in [3.63, 3.8) is 0 Å². The summed E-state index contributed by atoms with van der Waals surface area (Å²) in [5.74, 6) is 0.773. The van der Waals surface area contributed by atoms with E-state index in [4.69, 9.17) is 0 Å². The van der Waals surface area contributed by atoms with Crippen LogP contribution in [0.25, 0.3) is 0 Å². The van der Waals surface area contributed by atoms with Crippen LogP contribution in [0.2, 0.25) is 0 Å². The van der Waals surface area contributed by atoms with Crippen LogP contribution >= 0.6 is 0 Å². The molecule has 0 aliphatic rings. The van der Waals surface area contributed by atoms with Crippen molar-refractivity contribution in [1.82, 2.24) is 10.2 Å². The summed E-state index contributed by atoms with van der Waals surface area (Å²) in [5.41, 5.74) is 1.82. The van der Waals surface area contributed by atoms with E-state index >= 15 is 0 Å². The van der Waals surface area contributed by atoms with Crippen LogP contribution in [0.4, 0.5) is 11.6 Å². The number of aryl methyl sites for hydroxylation is 2. The van der Waals surface area contributed by atoms with E-state index < -0.39 is 10.0 Å². The topological polar surface area (TPSA) is 84.0 Å². The van der Waals surface area contributed by atoms with Crippen molar-refractivity contribution < 1.29 is 8.42 Å². The molecule has 1 aromatic heterocycles. The van der Waals surface area contributed by atoms with Crippen LogP contribution in [0.5, 0.6) is 0 Å². The number of nitrogens with one attached hydrogen (secondary N) is 2. The summed E-state index contributed by atoms with van der Waals surface area (Å²) < 4.78 is 27.2. The maximum Gasteiger partial charge on any atom is 0.263 e. The summed E-state index contributed by atoms with van der Waals surface area (Å²) in [7, 11) is -3.67. The van der Waals surface area contributed by atoms with Gasteiger partial charge in [0.2, 0.25) is 0 Å². The van der Waals surface area contributed by atoms with E-state index in [2.05, 4.69) is 20.2 Å². The molecule has 1 aromatic carbocycles. The van der Waals surface area contributed by atoms with Crippen LogP contribution in [0.1, 0.15) is 31.9 Å². The van der Waals surface area contributed by atoms with Crippen molar-refractivity contribution >= 4 is 21.7 Å². The van der Waals surface area contributed by atoms with Crippen LogP contribution in [-0.4, -0.2) is 24.2 Å². The minimum Gasteiger partial charge on any atom is -0.364 e. The number of nitrogens with zero attached hydrogens (tertiary/aromatic N) is 2. The standard InChI is InChI=1S/C16H22N4O2S/c1-11-6-7-13(10-12(11)2)23(21,22)20-15-9-8-14(18-19-15)17-16(3,4)5/h6-10H,1-5H3,(H,17,18)(H,19,20). The van der Waals surface area contributed by atoms with E-state index in [9.17, 15) is 8.42 Å². The molecule has 7 heteroatoms. The highest BCUT2D eigenvalue weighted by Gasteiger charge is 2.16. The molecule has 0 atom stereocenters. The lowest BCUT2D eigenvalue weighted by molar-refractivity contribution is 0.600. The molecule has 0 radical (unpaired) electrons. The monoisotopic (exact) mass is 334 g/mol. The fourth-order valence-corrected chi connectivity index (χ4v) is 3.00. The van der Waals surface area contributed by atoms with Gasteiger partial charge in [-0.25, -0.2) is 8.42 Å². The predicted molar refractivity (Wildman–Crippen MR) is 92.1 cm³/mol. The average Bonchev–Trinajstić information content (AvgIpc) is 2.42. The largest absolute Gasteiger partial charge is 0.364 e. The minimum absolute atomic E-state index is 0.144. The van der Waals surface area contributed by atoms with Gasteiger partial charge in [0.15, 0.2) is 5.82 Å². The second kappa shape index (κ2) is 6.16. The van der Waals surface area contributed by atoms with Gasteiger partial charge in [-0.1, -0.05) is 6.07 Å². The molecule has 0 aliphatic heterocycles. The Bertz CT molecular complexity index is 794. The number of rotatable bonds is 4. The van der Waals surface area contributed by atoms with Crippen molar-refractivity contribution in [3.05, 3.63) is 41.5 Å². The third-order valence-electron chi connectivity index (χ3n) is 3.20. The Morgan fingerprint density at radius 3 is 2.04 bits per heavy atom. The van der Waals surface area contributed by atoms with Crippen LogP contribution in [-0.2, 0) is 10.0 Å². The number of sulfonamides is 1. The first-order chi connectivity index (χ1) is 10.6. The van der Waals surface area contributed by atoms with Gasteiger partial charge in [0, 0.05) is 5.54 Å². The molecular weight excluding hydrogens is 312 g/mol. The van der Waals surface area contributed by atoms with Gasteiger partial charge in [0.25, 0.3) is 10.0 Å². The fraction of sp³-hybridized carbons (Fsp3) is 0.375. The first-order valence-electron chi connectivity index (χ1n) is 7.29. The third-order valence-corrected chi connectivity index (χ3v) is 4.55. The molecule has 23 heavy (non-hydrogen) atoms. The van der Waals surface area contributed by atoms with Gasteiger partial charge in [-0.2, -0.15) is 0 Å². The zero-order valence-electron chi connectivity index (χ0n) is 14.0. The summed E-state index contributed by atoms with van der Waals surface area (Å²) in [5, 5.41) is 11.1. The number of hydrogen-bond donors (Lipinski definition) is 2. The van der Waals surface area contributed by atoms with Crippen LogP contribution < -0.4 is 10.0 Å². The Morgan fingerprint density at radius 1 is 0.913 bits per heavy atom. The number of hydrogen-bond acceptors (Lipinski definition) is 5. The van der Waals surface area contributed by atoms with Crippen molar-refractivity contribution in [2.24, 2.45) is 0 Å². The summed E-state index contributed by atoms with van der Waals surface area (Å²) in [6, 6.07) is 8.27. The van der Waals surface area contributed by atoms with Gasteiger partial charge in [-0.15, -0.1) is 10.2 Å². The smallest absolute Gasteiger partial charge is 0.263 e. The molecule has 0 saturated carbocycles. The van der Waals surface area contributed by atoms with E-state index in [1.165, 1.54) is 0 Å². The lowest BCUT2D eigenvalue weighted by atomic mass is 10.1. The summed E-state index contributed by atoms with van der Waals surface area (Å²) in [6.07, 6.45) is 0. The first-order valence-corrected chi connectivity index (χ1v) is 8.77. The fourth-order valence-electron chi connectivity index (χ4n) is 1.92. The normalized spacial score (nSPS) is 12.0. The molecule has 0 amide bonds. The van der Waals surface area contributed by atoms with Crippen molar-refractivity contribution in [2.45, 2.75) is 45.1 Å². The van der Waals surface area contributed by atoms with Crippen LogP contribution in [0, 0.1) is 13.8 Å². The lowest BCUT2D eigenvalue weighted by Gasteiger charge is -2.20. The molecule has 1 heterocycles. The summed E-state index contributed by atoms with van der Waals surface area (Å²) >= 11 is 0. The highest BCUT2D eigenvalue weighted by molar-refractivity contribution is 7.92. The maximum atomic E-state index is 12.4. The highest BCUT2D eigenvalue weighted by atomic mass is 32.2. The molecule has 2 rings (SSSR count). The molecule has 0 spiro atoms. The molecule has 2 N–H and O–H groups in total. The van der Waals surface area contributed by atoms with E-state index in [0.29, 0.717) is 5.82 Å². The molecule has 0 fully saturated rings. The second-order valence-electron chi connectivity index (χ2n) is 6.53. The van der Waals surface area contributed by atoms with Gasteiger partial charge in [0.05, 0.1) is 4.90 Å². The Labute approximate surface area is 137 Å². The third kappa shape index (κ3) is 4.66. The average molecular weight is 334 g/mol. The van der Waals surface area contributed by atoms with E-state index in [-0.39, 0.29) is 16.3 Å². The van der Waals surface area contributed by atoms with Crippen LogP contribution in [0.15, 0.2) is 35.2 Å². The molecular formula is C16H22N4O2S. The van der Waals surface area contributed by atoms with Gasteiger partial charge in [-0.3, -0.25) is 4.72 Å².